The van der Waals surface area contributed by atoms with Gasteiger partial charge in [-0.05, 0) is 0 Å². The number of nitrogens with zero attached hydrogens (tertiary/aromatic N) is 2. The van der Waals surface area contributed by atoms with E-state index in [0.29, 0.717) is 17.8 Å². The molecule has 0 unspecified atom stereocenters. The third-order valence-electron chi connectivity index (χ3n) is 1.50. The van der Waals surface area contributed by atoms with Crippen molar-refractivity contribution in [1.29, 1.82) is 5.26 Å². The lowest BCUT2D eigenvalue weighted by atomic mass is 10.3. The molecule has 1 amide bonds. The van der Waals surface area contributed by atoms with E-state index in [4.69, 9.17) is 11.0 Å². The van der Waals surface area contributed by atoms with Gasteiger partial charge in [0, 0.05) is 12.8 Å². The first kappa shape index (κ1) is 10.5. The number of thiazole rings is 1. The van der Waals surface area contributed by atoms with Crippen molar-refractivity contribution in [2.75, 3.05) is 12.3 Å². The predicted molar refractivity (Wildman–Crippen MR) is 53.5 cm³/mol. The highest BCUT2D eigenvalue weighted by molar-refractivity contribution is 7.15. The summed E-state index contributed by atoms with van der Waals surface area (Å²) in [5.74, 6) is -0.139. The van der Waals surface area contributed by atoms with Gasteiger partial charge in [0.25, 0.3) is 0 Å². The van der Waals surface area contributed by atoms with Crippen molar-refractivity contribution in [3.05, 3.63) is 11.2 Å². The number of carbonyl (C=O) groups is 1. The molecule has 0 fully saturated rings. The topological polar surface area (TPSA) is 91.8 Å². The second-order valence-corrected chi connectivity index (χ2v) is 3.74. The Labute approximate surface area is 85.6 Å². The van der Waals surface area contributed by atoms with Gasteiger partial charge >= 0.3 is 0 Å². The fourth-order valence-corrected chi connectivity index (χ4v) is 1.57. The highest BCUT2D eigenvalue weighted by atomic mass is 32.1. The van der Waals surface area contributed by atoms with Crippen LogP contribution in [0.2, 0.25) is 0 Å². The molecule has 0 aromatic carbocycles. The summed E-state index contributed by atoms with van der Waals surface area (Å²) >= 11 is 1.38. The number of nitrogen functional groups attached to an aromatic ring is 1. The fraction of sp³-hybridized carbons (Fsp3) is 0.375. The summed E-state index contributed by atoms with van der Waals surface area (Å²) in [6.45, 7) is 0.0544. The van der Waals surface area contributed by atoms with E-state index in [2.05, 4.69) is 10.3 Å². The Bertz CT molecular complexity index is 354. The lowest BCUT2D eigenvalue weighted by Crippen LogP contribution is -2.23. The van der Waals surface area contributed by atoms with E-state index in [9.17, 15) is 4.79 Å². The van der Waals surface area contributed by atoms with Gasteiger partial charge in [-0.3, -0.25) is 4.79 Å². The molecule has 0 saturated heterocycles. The molecule has 1 aromatic heterocycles. The highest BCUT2D eigenvalue weighted by Gasteiger charge is 2.03. The Kier molecular flexibility index (Phi) is 3.88. The van der Waals surface area contributed by atoms with Crippen molar-refractivity contribution in [2.45, 2.75) is 12.8 Å². The number of nitrogens with one attached hydrogen (secondary N) is 1. The number of hydrogen-bond acceptors (Lipinski definition) is 5. The molecule has 0 bridgehead atoms. The maximum Gasteiger partial charge on any atom is 0.221 e. The number of amides is 1. The minimum atomic E-state index is -0.139. The van der Waals surface area contributed by atoms with Gasteiger partial charge < -0.3 is 11.1 Å². The zero-order valence-electron chi connectivity index (χ0n) is 7.49. The van der Waals surface area contributed by atoms with Crippen molar-refractivity contribution >= 4 is 22.2 Å². The van der Waals surface area contributed by atoms with E-state index < -0.39 is 0 Å². The molecular formula is C8H10N4OS. The van der Waals surface area contributed by atoms with E-state index in [1.165, 1.54) is 11.3 Å². The minimum absolute atomic E-state index is 0.0544. The summed E-state index contributed by atoms with van der Waals surface area (Å²) < 4.78 is 0. The Balaban J connectivity index is 2.27. The molecule has 0 aliphatic rings. The van der Waals surface area contributed by atoms with Crippen LogP contribution in [0.1, 0.15) is 11.4 Å². The van der Waals surface area contributed by atoms with Crippen molar-refractivity contribution in [3.8, 4) is 6.07 Å². The summed E-state index contributed by atoms with van der Waals surface area (Å²) in [4.78, 5) is 15.1. The molecule has 1 heterocycles. The number of aromatic nitrogens is 1. The van der Waals surface area contributed by atoms with Gasteiger partial charge in [-0.1, -0.05) is 0 Å². The number of carbonyl (C=O) groups excluding carboxylic acids is 1. The molecule has 1 rings (SSSR count). The van der Waals surface area contributed by atoms with Crippen molar-refractivity contribution in [3.63, 3.8) is 0 Å². The van der Waals surface area contributed by atoms with Crippen LogP contribution in [-0.2, 0) is 11.2 Å². The first-order valence-electron chi connectivity index (χ1n) is 4.06. The molecule has 3 N–H and O–H groups in total. The van der Waals surface area contributed by atoms with Crippen LogP contribution in [0.3, 0.4) is 0 Å². The van der Waals surface area contributed by atoms with Crippen LogP contribution in [0, 0.1) is 11.3 Å². The standard InChI is InChI=1S/C8H10N4OS/c9-3-4-11-7(13)1-2-8-12-5-6(10)14-8/h5H,1-2,4,10H2,(H,11,13). The van der Waals surface area contributed by atoms with Crippen LogP contribution in [0.25, 0.3) is 0 Å². The molecule has 5 nitrogen and oxygen atoms in total. The average molecular weight is 210 g/mol. The van der Waals surface area contributed by atoms with Crippen molar-refractivity contribution in [2.24, 2.45) is 0 Å². The lowest BCUT2D eigenvalue weighted by Gasteiger charge is -1.97. The maximum absolute atomic E-state index is 11.1. The molecule has 0 radical (unpaired) electrons. The smallest absolute Gasteiger partial charge is 0.221 e. The predicted octanol–water partition coefficient (Wildman–Crippen LogP) is 0.298. The van der Waals surface area contributed by atoms with Gasteiger partial charge in [-0.2, -0.15) is 5.26 Å². The first-order valence-corrected chi connectivity index (χ1v) is 4.88. The van der Waals surface area contributed by atoms with Crippen LogP contribution >= 0.6 is 11.3 Å². The van der Waals surface area contributed by atoms with E-state index in [-0.39, 0.29) is 12.5 Å². The normalized spacial score (nSPS) is 9.36. The molecule has 1 aromatic rings. The maximum atomic E-state index is 11.1. The first-order chi connectivity index (χ1) is 6.72. The van der Waals surface area contributed by atoms with Gasteiger partial charge in [0.15, 0.2) is 0 Å². The van der Waals surface area contributed by atoms with E-state index in [1.54, 1.807) is 6.20 Å². The number of nitrogens with two attached hydrogens (primary N) is 1. The molecule has 14 heavy (non-hydrogen) atoms. The molecular weight excluding hydrogens is 200 g/mol. The quantitative estimate of drug-likeness (QED) is 0.699. The molecule has 0 aliphatic carbocycles. The van der Waals surface area contributed by atoms with Gasteiger partial charge in [-0.25, -0.2) is 4.98 Å². The van der Waals surface area contributed by atoms with Gasteiger partial charge in [-0.15, -0.1) is 11.3 Å². The third kappa shape index (κ3) is 3.41. The van der Waals surface area contributed by atoms with E-state index >= 15 is 0 Å². The SMILES string of the molecule is N#CCNC(=O)CCc1ncc(N)s1. The van der Waals surface area contributed by atoms with Gasteiger partial charge in [0.05, 0.1) is 17.3 Å². The largest absolute Gasteiger partial charge is 0.389 e. The third-order valence-corrected chi connectivity index (χ3v) is 2.39. The molecule has 0 atom stereocenters. The zero-order chi connectivity index (χ0) is 10.4. The fourth-order valence-electron chi connectivity index (χ4n) is 0.887. The Morgan fingerprint density at radius 2 is 2.57 bits per heavy atom. The number of rotatable bonds is 4. The highest BCUT2D eigenvalue weighted by Crippen LogP contribution is 2.15. The van der Waals surface area contributed by atoms with Crippen LogP contribution in [0.15, 0.2) is 6.20 Å². The van der Waals surface area contributed by atoms with Crippen molar-refractivity contribution < 1.29 is 4.79 Å². The van der Waals surface area contributed by atoms with Crippen LogP contribution in [0.4, 0.5) is 5.00 Å². The number of aryl methyl sites for hydroxylation is 1. The second-order valence-electron chi connectivity index (χ2n) is 2.59. The number of hydrogen-bond donors (Lipinski definition) is 2. The summed E-state index contributed by atoms with van der Waals surface area (Å²) in [7, 11) is 0. The summed E-state index contributed by atoms with van der Waals surface area (Å²) in [5.41, 5.74) is 5.48. The Morgan fingerprint density at radius 3 is 3.14 bits per heavy atom. The average Bonchev–Trinajstić information content (AvgIpc) is 2.58. The molecule has 0 saturated carbocycles. The Morgan fingerprint density at radius 1 is 1.79 bits per heavy atom. The van der Waals surface area contributed by atoms with Gasteiger partial charge in [0.2, 0.25) is 5.91 Å². The molecule has 74 valence electrons. The molecule has 6 heteroatoms. The summed E-state index contributed by atoms with van der Waals surface area (Å²) in [6, 6.07) is 1.84. The van der Waals surface area contributed by atoms with Crippen LogP contribution < -0.4 is 11.1 Å². The van der Waals surface area contributed by atoms with E-state index in [0.717, 1.165) is 5.01 Å². The molecule has 0 aliphatic heterocycles. The van der Waals surface area contributed by atoms with Crippen LogP contribution in [0.5, 0.6) is 0 Å². The lowest BCUT2D eigenvalue weighted by molar-refractivity contribution is -0.120. The zero-order valence-corrected chi connectivity index (χ0v) is 8.30. The monoisotopic (exact) mass is 210 g/mol. The number of nitriles is 1. The molecule has 0 spiro atoms. The van der Waals surface area contributed by atoms with E-state index in [1.807, 2.05) is 6.07 Å². The summed E-state index contributed by atoms with van der Waals surface area (Å²) in [6.07, 6.45) is 2.49. The number of anilines is 1. The van der Waals surface area contributed by atoms with Crippen molar-refractivity contribution in [1.82, 2.24) is 10.3 Å². The van der Waals surface area contributed by atoms with Gasteiger partial charge in [0.1, 0.15) is 11.5 Å². The minimum Gasteiger partial charge on any atom is -0.389 e. The Hall–Kier alpha value is -1.61. The van der Waals surface area contributed by atoms with Crippen LogP contribution in [-0.4, -0.2) is 17.4 Å². The second kappa shape index (κ2) is 5.19. The summed E-state index contributed by atoms with van der Waals surface area (Å²) in [5, 5.41) is 12.2.